The zero-order valence-electron chi connectivity index (χ0n) is 27.7. The Balaban J connectivity index is 2.08. The van der Waals surface area contributed by atoms with Crippen molar-refractivity contribution in [3.8, 4) is 0 Å². The van der Waals surface area contributed by atoms with Crippen molar-refractivity contribution in [2.24, 2.45) is 5.92 Å². The van der Waals surface area contributed by atoms with Crippen molar-refractivity contribution >= 4 is 32.1 Å². The molecule has 0 saturated carbocycles. The number of thioether (sulfide) groups is 1. The maximum Gasteiger partial charge on any atom is 0.410 e. The molecule has 0 aromatic heterocycles. The maximum atomic E-state index is 14.2. The van der Waals surface area contributed by atoms with Crippen LogP contribution in [0.1, 0.15) is 72.4 Å². The minimum absolute atomic E-state index is 0.0950. The van der Waals surface area contributed by atoms with Crippen LogP contribution < -0.4 is 0 Å². The number of rotatable bonds is 12. The zero-order chi connectivity index (χ0) is 31.8. The summed E-state index contributed by atoms with van der Waals surface area (Å²) in [5.74, 6) is 0.107. The number of esters is 1. The molecule has 0 bridgehead atoms. The Morgan fingerprint density at radius 2 is 1.53 bits per heavy atom. The average Bonchev–Trinajstić information content (AvgIpc) is 3.36. The van der Waals surface area contributed by atoms with Gasteiger partial charge >= 0.3 is 12.1 Å². The standard InChI is InChI=1S/C35H53NO5SSi/c1-10-21-42-28-23-30(36(24-28)33(38)40-34(2,3)4)31(41-43(8,9)35(5,6)7)29(22-26-17-13-11-14-18-26)32(37)39-25-27-19-15-12-16-20-27/h11-20,28-31H,10,21-25H2,1-9H3/t28-,29+,30-,31+/m1/s1. The molecule has 6 nitrogen and oxygen atoms in total. The highest BCUT2D eigenvalue weighted by Crippen LogP contribution is 2.42. The lowest BCUT2D eigenvalue weighted by atomic mass is 9.88. The predicted octanol–water partition coefficient (Wildman–Crippen LogP) is 8.50. The first-order valence-corrected chi connectivity index (χ1v) is 19.6. The number of hydrogen-bond acceptors (Lipinski definition) is 6. The smallest absolute Gasteiger partial charge is 0.410 e. The second-order valence-corrected chi connectivity index (χ2v) is 20.3. The third-order valence-electron chi connectivity index (χ3n) is 8.33. The summed E-state index contributed by atoms with van der Waals surface area (Å²) in [5, 5.41) is 0.142. The van der Waals surface area contributed by atoms with Gasteiger partial charge in [0.1, 0.15) is 12.2 Å². The van der Waals surface area contributed by atoms with Gasteiger partial charge in [-0.1, -0.05) is 88.4 Å². The second kappa shape index (κ2) is 15.1. The summed E-state index contributed by atoms with van der Waals surface area (Å²) in [6.07, 6.45) is 1.35. The highest BCUT2D eigenvalue weighted by atomic mass is 32.2. The van der Waals surface area contributed by atoms with E-state index in [1.54, 1.807) is 0 Å². The lowest BCUT2D eigenvalue weighted by Crippen LogP contribution is -2.56. The van der Waals surface area contributed by atoms with Gasteiger partial charge in [0.25, 0.3) is 0 Å². The number of carbonyl (C=O) groups is 2. The van der Waals surface area contributed by atoms with Gasteiger partial charge < -0.3 is 18.8 Å². The monoisotopic (exact) mass is 627 g/mol. The van der Waals surface area contributed by atoms with Crippen molar-refractivity contribution in [3.63, 3.8) is 0 Å². The Morgan fingerprint density at radius 3 is 2.07 bits per heavy atom. The fraction of sp³-hybridized carbons (Fsp3) is 0.600. The van der Waals surface area contributed by atoms with Crippen LogP contribution in [0.2, 0.25) is 18.1 Å². The summed E-state index contributed by atoms with van der Waals surface area (Å²) in [4.78, 5) is 29.8. The van der Waals surface area contributed by atoms with E-state index in [4.69, 9.17) is 13.9 Å². The molecule has 0 N–H and O–H groups in total. The van der Waals surface area contributed by atoms with Crippen LogP contribution in [0.4, 0.5) is 4.79 Å². The number of ether oxygens (including phenoxy) is 2. The third kappa shape index (κ3) is 10.4. The Bertz CT molecular complexity index is 1160. The molecule has 1 aliphatic heterocycles. The first-order chi connectivity index (χ1) is 20.1. The molecule has 43 heavy (non-hydrogen) atoms. The van der Waals surface area contributed by atoms with Crippen LogP contribution in [0.15, 0.2) is 60.7 Å². The number of hydrogen-bond donors (Lipinski definition) is 0. The van der Waals surface area contributed by atoms with E-state index in [9.17, 15) is 9.59 Å². The Kier molecular flexibility index (Phi) is 12.4. The van der Waals surface area contributed by atoms with Crippen molar-refractivity contribution in [2.45, 2.75) is 115 Å². The van der Waals surface area contributed by atoms with Gasteiger partial charge in [0.05, 0.1) is 18.1 Å². The molecular formula is C35H53NO5SSi. The number of carbonyl (C=O) groups excluding carboxylic acids is 2. The van der Waals surface area contributed by atoms with Crippen LogP contribution in [0, 0.1) is 5.92 Å². The van der Waals surface area contributed by atoms with Crippen LogP contribution in [-0.2, 0) is 31.7 Å². The van der Waals surface area contributed by atoms with Gasteiger partial charge in [0, 0.05) is 11.8 Å². The largest absolute Gasteiger partial charge is 0.461 e. The topological polar surface area (TPSA) is 65.1 Å². The van der Waals surface area contributed by atoms with Gasteiger partial charge in [-0.3, -0.25) is 4.79 Å². The number of nitrogens with zero attached hydrogens (tertiary/aromatic N) is 1. The van der Waals surface area contributed by atoms with Crippen LogP contribution in [0.25, 0.3) is 0 Å². The minimum Gasteiger partial charge on any atom is -0.461 e. The Hall–Kier alpha value is -2.29. The minimum atomic E-state index is -2.40. The molecule has 2 aromatic rings. The molecule has 1 fully saturated rings. The number of benzene rings is 2. The maximum absolute atomic E-state index is 14.2. The van der Waals surface area contributed by atoms with E-state index in [-0.39, 0.29) is 35.0 Å². The lowest BCUT2D eigenvalue weighted by molar-refractivity contribution is -0.155. The highest BCUT2D eigenvalue weighted by molar-refractivity contribution is 7.99. The molecule has 1 aliphatic rings. The van der Waals surface area contributed by atoms with E-state index in [0.29, 0.717) is 13.0 Å². The van der Waals surface area contributed by atoms with Crippen LogP contribution in [0.5, 0.6) is 0 Å². The highest BCUT2D eigenvalue weighted by Gasteiger charge is 2.50. The van der Waals surface area contributed by atoms with Gasteiger partial charge in [-0.15, -0.1) is 0 Å². The Morgan fingerprint density at radius 1 is 0.953 bits per heavy atom. The van der Waals surface area contributed by atoms with Crippen molar-refractivity contribution < 1.29 is 23.5 Å². The normalized spacial score (nSPS) is 19.1. The quantitative estimate of drug-likeness (QED) is 0.174. The molecule has 238 valence electrons. The molecule has 0 aliphatic carbocycles. The molecule has 1 saturated heterocycles. The van der Waals surface area contributed by atoms with Gasteiger partial charge in [0.2, 0.25) is 0 Å². The fourth-order valence-electron chi connectivity index (χ4n) is 5.06. The van der Waals surface area contributed by atoms with Gasteiger partial charge in [-0.05, 0) is 75.0 Å². The average molecular weight is 628 g/mol. The molecule has 0 spiro atoms. The first kappa shape index (κ1) is 35.2. The second-order valence-electron chi connectivity index (χ2n) is 14.2. The van der Waals surface area contributed by atoms with E-state index >= 15 is 0 Å². The fourth-order valence-corrected chi connectivity index (χ4v) is 7.58. The number of amides is 1. The zero-order valence-corrected chi connectivity index (χ0v) is 29.5. The summed E-state index contributed by atoms with van der Waals surface area (Å²) >= 11 is 1.89. The van der Waals surface area contributed by atoms with Crippen molar-refractivity contribution in [3.05, 3.63) is 71.8 Å². The Labute approximate surface area is 265 Å². The summed E-state index contributed by atoms with van der Waals surface area (Å²) in [5.41, 5.74) is 1.33. The van der Waals surface area contributed by atoms with Crippen molar-refractivity contribution in [1.29, 1.82) is 0 Å². The van der Waals surface area contributed by atoms with Crippen molar-refractivity contribution in [2.75, 3.05) is 12.3 Å². The predicted molar refractivity (Wildman–Crippen MR) is 180 cm³/mol. The molecule has 4 atom stereocenters. The molecule has 8 heteroatoms. The lowest BCUT2D eigenvalue weighted by Gasteiger charge is -2.44. The summed E-state index contributed by atoms with van der Waals surface area (Å²) < 4.78 is 19.2. The van der Waals surface area contributed by atoms with Gasteiger partial charge in [0.15, 0.2) is 8.32 Å². The molecular weight excluding hydrogens is 575 g/mol. The van der Waals surface area contributed by atoms with Crippen LogP contribution in [-0.4, -0.2) is 60.6 Å². The molecule has 0 radical (unpaired) electrons. The molecule has 0 unspecified atom stereocenters. The summed E-state index contributed by atoms with van der Waals surface area (Å²) in [6.45, 7) is 19.6. The van der Waals surface area contributed by atoms with E-state index in [1.165, 1.54) is 0 Å². The first-order valence-electron chi connectivity index (χ1n) is 15.6. The van der Waals surface area contributed by atoms with E-state index < -0.39 is 25.9 Å². The number of likely N-dealkylation sites (tertiary alicyclic amines) is 1. The van der Waals surface area contributed by atoms with Gasteiger partial charge in [-0.25, -0.2) is 4.79 Å². The van der Waals surface area contributed by atoms with E-state index in [2.05, 4.69) is 40.8 Å². The van der Waals surface area contributed by atoms with E-state index in [1.807, 2.05) is 98.1 Å². The van der Waals surface area contributed by atoms with E-state index in [0.717, 1.165) is 29.7 Å². The molecule has 3 rings (SSSR count). The van der Waals surface area contributed by atoms with Crippen molar-refractivity contribution in [1.82, 2.24) is 4.90 Å². The summed E-state index contributed by atoms with van der Waals surface area (Å²) in [7, 11) is -2.40. The molecule has 2 aromatic carbocycles. The summed E-state index contributed by atoms with van der Waals surface area (Å²) in [6, 6.07) is 19.5. The third-order valence-corrected chi connectivity index (χ3v) is 14.3. The van der Waals surface area contributed by atoms with Crippen LogP contribution >= 0.6 is 11.8 Å². The molecule has 1 heterocycles. The van der Waals surface area contributed by atoms with Gasteiger partial charge in [-0.2, -0.15) is 11.8 Å². The molecule has 1 amide bonds. The van der Waals surface area contributed by atoms with Crippen LogP contribution in [0.3, 0.4) is 0 Å². The SMILES string of the molecule is CCCS[C@@H]1C[C@H]([C@@H](O[Si](C)(C)C(C)(C)C)[C@H](Cc2ccccc2)C(=O)OCc2ccccc2)N(C(=O)OC(C)(C)C)C1.